The quantitative estimate of drug-likeness (QED) is 0.854. The van der Waals surface area contributed by atoms with E-state index in [1.54, 1.807) is 6.07 Å². The third-order valence-electron chi connectivity index (χ3n) is 3.72. The maximum atomic E-state index is 13.8. The van der Waals surface area contributed by atoms with E-state index in [0.717, 1.165) is 24.2 Å². The molecule has 112 valence electrons. The minimum atomic E-state index is -0.301. The summed E-state index contributed by atoms with van der Waals surface area (Å²) in [5, 5.41) is 0. The zero-order chi connectivity index (χ0) is 15.4. The fourth-order valence-corrected chi connectivity index (χ4v) is 2.78. The Morgan fingerprint density at radius 3 is 2.52 bits per heavy atom. The van der Waals surface area contributed by atoms with Crippen LogP contribution in [0.5, 0.6) is 0 Å². The number of rotatable bonds is 2. The zero-order valence-electron chi connectivity index (χ0n) is 12.5. The molecule has 0 atom stereocenters. The summed E-state index contributed by atoms with van der Waals surface area (Å²) in [6, 6.07) is 5.46. The van der Waals surface area contributed by atoms with E-state index in [2.05, 4.69) is 41.3 Å². The second-order valence-corrected chi connectivity index (χ2v) is 7.50. The number of benzene rings is 1. The Morgan fingerprint density at radius 2 is 2.00 bits per heavy atom. The lowest BCUT2D eigenvalue weighted by atomic mass is 9.95. The number of aromatic nitrogens is 2. The van der Waals surface area contributed by atoms with Gasteiger partial charge >= 0.3 is 0 Å². The monoisotopic (exact) mass is 351 g/mol. The van der Waals surface area contributed by atoms with Gasteiger partial charge in [0.15, 0.2) is 0 Å². The van der Waals surface area contributed by atoms with Crippen molar-refractivity contribution in [2.24, 2.45) is 0 Å². The molecule has 0 radical (unpaired) electrons. The minimum Gasteiger partial charge on any atom is -0.383 e. The summed E-state index contributed by atoms with van der Waals surface area (Å²) in [6.45, 7) is 6.37. The maximum Gasteiger partial charge on any atom is 0.138 e. The van der Waals surface area contributed by atoms with Crippen LogP contribution < -0.4 is 5.73 Å². The summed E-state index contributed by atoms with van der Waals surface area (Å²) in [5.74, 6) is 1.31. The topological polar surface area (TPSA) is 43.8 Å². The molecular formula is C16H19BrFN3. The molecule has 2 aromatic rings. The van der Waals surface area contributed by atoms with Crippen LogP contribution in [0.4, 0.5) is 10.2 Å². The van der Waals surface area contributed by atoms with Crippen LogP contribution in [0.25, 0.3) is 11.3 Å². The molecule has 0 spiro atoms. The van der Waals surface area contributed by atoms with Gasteiger partial charge in [-0.05, 0) is 40.9 Å². The van der Waals surface area contributed by atoms with Crippen molar-refractivity contribution in [1.82, 2.24) is 9.55 Å². The largest absolute Gasteiger partial charge is 0.383 e. The lowest BCUT2D eigenvalue weighted by Crippen LogP contribution is -2.19. The molecule has 1 saturated carbocycles. The third kappa shape index (κ3) is 2.59. The predicted octanol–water partition coefficient (Wildman–Crippen LogP) is 4.67. The van der Waals surface area contributed by atoms with Crippen molar-refractivity contribution >= 4 is 21.7 Å². The van der Waals surface area contributed by atoms with Gasteiger partial charge < -0.3 is 10.3 Å². The Hall–Kier alpha value is -1.36. The van der Waals surface area contributed by atoms with Crippen molar-refractivity contribution < 1.29 is 4.39 Å². The fourth-order valence-electron chi connectivity index (χ4n) is 2.53. The third-order valence-corrected chi connectivity index (χ3v) is 4.37. The average Bonchev–Trinajstić information content (AvgIpc) is 3.15. The van der Waals surface area contributed by atoms with Crippen LogP contribution in [-0.2, 0) is 5.41 Å². The summed E-state index contributed by atoms with van der Waals surface area (Å²) in [7, 11) is 0. The Morgan fingerprint density at radius 1 is 1.33 bits per heavy atom. The van der Waals surface area contributed by atoms with E-state index in [1.165, 1.54) is 6.07 Å². The minimum absolute atomic E-state index is 0.0944. The van der Waals surface area contributed by atoms with E-state index >= 15 is 0 Å². The summed E-state index contributed by atoms with van der Waals surface area (Å²) >= 11 is 3.17. The first-order chi connectivity index (χ1) is 9.79. The first kappa shape index (κ1) is 14.6. The Labute approximate surface area is 132 Å². The standard InChI is InChI=1S/C16H19BrFN3/c1-16(2,3)15-20-13(14(19)21(15)10-5-6-10)9-4-7-11(17)12(18)8-9/h4,7-8,10H,5-6,19H2,1-3H3. The molecule has 1 aromatic heterocycles. The van der Waals surface area contributed by atoms with E-state index in [-0.39, 0.29) is 11.2 Å². The van der Waals surface area contributed by atoms with E-state index in [0.29, 0.717) is 22.0 Å². The van der Waals surface area contributed by atoms with Crippen molar-refractivity contribution in [3.05, 3.63) is 34.3 Å². The van der Waals surface area contributed by atoms with Gasteiger partial charge in [-0.15, -0.1) is 0 Å². The molecule has 1 aromatic carbocycles. The van der Waals surface area contributed by atoms with Gasteiger partial charge in [0, 0.05) is 17.0 Å². The molecule has 2 N–H and O–H groups in total. The van der Waals surface area contributed by atoms with E-state index < -0.39 is 0 Å². The molecular weight excluding hydrogens is 333 g/mol. The van der Waals surface area contributed by atoms with Crippen LogP contribution in [0, 0.1) is 5.82 Å². The van der Waals surface area contributed by atoms with Gasteiger partial charge in [0.1, 0.15) is 23.2 Å². The lowest BCUT2D eigenvalue weighted by Gasteiger charge is -2.20. The molecule has 0 unspecified atom stereocenters. The molecule has 1 fully saturated rings. The lowest BCUT2D eigenvalue weighted by molar-refractivity contribution is 0.504. The Kier molecular flexibility index (Phi) is 3.35. The molecule has 21 heavy (non-hydrogen) atoms. The van der Waals surface area contributed by atoms with Crippen molar-refractivity contribution in [3.63, 3.8) is 0 Å². The molecule has 5 heteroatoms. The van der Waals surface area contributed by atoms with Crippen LogP contribution in [0.1, 0.15) is 45.5 Å². The van der Waals surface area contributed by atoms with Gasteiger partial charge in [-0.3, -0.25) is 0 Å². The molecule has 0 saturated heterocycles. The second kappa shape index (κ2) is 4.83. The van der Waals surface area contributed by atoms with Crippen molar-refractivity contribution in [2.75, 3.05) is 5.73 Å². The van der Waals surface area contributed by atoms with Crippen LogP contribution >= 0.6 is 15.9 Å². The van der Waals surface area contributed by atoms with Gasteiger partial charge in [-0.1, -0.05) is 26.8 Å². The van der Waals surface area contributed by atoms with Crippen molar-refractivity contribution in [3.8, 4) is 11.3 Å². The van der Waals surface area contributed by atoms with E-state index in [9.17, 15) is 4.39 Å². The SMILES string of the molecule is CC(C)(C)c1nc(-c2ccc(Br)c(F)c2)c(N)n1C1CC1. The average molecular weight is 352 g/mol. The molecule has 1 heterocycles. The smallest absolute Gasteiger partial charge is 0.138 e. The van der Waals surface area contributed by atoms with Crippen LogP contribution in [0.3, 0.4) is 0 Å². The number of halogens is 2. The first-order valence-corrected chi connectivity index (χ1v) is 7.92. The van der Waals surface area contributed by atoms with Gasteiger partial charge in [0.25, 0.3) is 0 Å². The summed E-state index contributed by atoms with van der Waals surface area (Å²) in [4.78, 5) is 4.74. The Bertz CT molecular complexity index is 696. The number of nitrogen functional groups attached to an aromatic ring is 1. The number of nitrogens with two attached hydrogens (primary N) is 1. The van der Waals surface area contributed by atoms with Crippen LogP contribution in [-0.4, -0.2) is 9.55 Å². The number of hydrogen-bond acceptors (Lipinski definition) is 2. The summed E-state index contributed by atoms with van der Waals surface area (Å²) < 4.78 is 16.4. The molecule has 3 rings (SSSR count). The van der Waals surface area contributed by atoms with Gasteiger partial charge in [-0.25, -0.2) is 9.37 Å². The fraction of sp³-hybridized carbons (Fsp3) is 0.438. The highest BCUT2D eigenvalue weighted by Crippen LogP contribution is 2.43. The second-order valence-electron chi connectivity index (χ2n) is 6.65. The zero-order valence-corrected chi connectivity index (χ0v) is 14.0. The Balaban J connectivity index is 2.17. The molecule has 1 aliphatic rings. The predicted molar refractivity (Wildman–Crippen MR) is 86.7 cm³/mol. The number of imidazole rings is 1. The van der Waals surface area contributed by atoms with Crippen LogP contribution in [0.2, 0.25) is 0 Å². The van der Waals surface area contributed by atoms with Gasteiger partial charge in [-0.2, -0.15) is 0 Å². The molecule has 3 nitrogen and oxygen atoms in total. The molecule has 0 amide bonds. The van der Waals surface area contributed by atoms with Gasteiger partial charge in [0.05, 0.1) is 4.47 Å². The van der Waals surface area contributed by atoms with Crippen molar-refractivity contribution in [2.45, 2.75) is 45.1 Å². The number of nitrogens with zero attached hydrogens (tertiary/aromatic N) is 2. The maximum absolute atomic E-state index is 13.8. The number of hydrogen-bond donors (Lipinski definition) is 1. The highest BCUT2D eigenvalue weighted by molar-refractivity contribution is 9.10. The van der Waals surface area contributed by atoms with E-state index in [1.807, 2.05) is 6.07 Å². The summed E-state index contributed by atoms with van der Waals surface area (Å²) in [6.07, 6.45) is 2.27. The van der Waals surface area contributed by atoms with E-state index in [4.69, 9.17) is 10.7 Å². The summed E-state index contributed by atoms with van der Waals surface area (Å²) in [5.41, 5.74) is 7.63. The normalized spacial score (nSPS) is 15.5. The highest BCUT2D eigenvalue weighted by atomic mass is 79.9. The molecule has 1 aliphatic carbocycles. The van der Waals surface area contributed by atoms with Crippen molar-refractivity contribution in [1.29, 1.82) is 0 Å². The molecule has 0 aliphatic heterocycles. The van der Waals surface area contributed by atoms with Gasteiger partial charge in [0.2, 0.25) is 0 Å². The molecule has 0 bridgehead atoms. The first-order valence-electron chi connectivity index (χ1n) is 7.12. The highest BCUT2D eigenvalue weighted by Gasteiger charge is 2.34. The number of anilines is 1. The van der Waals surface area contributed by atoms with Crippen LogP contribution in [0.15, 0.2) is 22.7 Å².